The molecule has 1 heterocycles. The number of nitrogens with one attached hydrogen (secondary N) is 1. The van der Waals surface area contributed by atoms with Crippen molar-refractivity contribution in [3.8, 4) is 11.3 Å². The summed E-state index contributed by atoms with van der Waals surface area (Å²) in [7, 11) is 0. The summed E-state index contributed by atoms with van der Waals surface area (Å²) in [6.07, 6.45) is 0.367. The van der Waals surface area contributed by atoms with E-state index in [1.54, 1.807) is 37.3 Å². The Balaban J connectivity index is 1.65. The van der Waals surface area contributed by atoms with Gasteiger partial charge in [0.2, 0.25) is 5.91 Å². The zero-order chi connectivity index (χ0) is 21.7. The van der Waals surface area contributed by atoms with Crippen molar-refractivity contribution in [1.82, 2.24) is 9.78 Å². The Morgan fingerprint density at radius 3 is 2.60 bits per heavy atom. The van der Waals surface area contributed by atoms with Gasteiger partial charge in [-0.3, -0.25) is 19.7 Å². The number of hydrogen-bond donors (Lipinski definition) is 1. The van der Waals surface area contributed by atoms with Gasteiger partial charge in [0.15, 0.2) is 0 Å². The summed E-state index contributed by atoms with van der Waals surface area (Å²) >= 11 is 0. The molecular formula is C21H19FN4O4. The fraction of sp³-hybridized carbons (Fsp3) is 0.190. The third-order valence-electron chi connectivity index (χ3n) is 4.49. The summed E-state index contributed by atoms with van der Waals surface area (Å²) in [5.74, 6) is -0.762. The van der Waals surface area contributed by atoms with Gasteiger partial charge in [0.25, 0.3) is 11.2 Å². The van der Waals surface area contributed by atoms with Crippen LogP contribution in [0.25, 0.3) is 11.3 Å². The van der Waals surface area contributed by atoms with Crippen molar-refractivity contribution in [2.75, 3.05) is 5.32 Å². The largest absolute Gasteiger partial charge is 0.320 e. The Hall–Kier alpha value is -3.88. The topological polar surface area (TPSA) is 107 Å². The molecule has 0 spiro atoms. The number of anilines is 1. The van der Waals surface area contributed by atoms with Gasteiger partial charge in [0.05, 0.1) is 10.6 Å². The molecule has 0 fully saturated rings. The SMILES string of the molecule is Cc1cccc([N+](=O)[O-])c1NC(=O)CCCn1nc(-c2ccc(F)cc2)ccc1=O. The first-order chi connectivity index (χ1) is 14.3. The molecule has 1 N–H and O–H groups in total. The van der Waals surface area contributed by atoms with Gasteiger partial charge in [-0.2, -0.15) is 5.10 Å². The van der Waals surface area contributed by atoms with Crippen LogP contribution in [0.15, 0.2) is 59.4 Å². The number of carbonyl (C=O) groups excluding carboxylic acids is 1. The van der Waals surface area contributed by atoms with Crippen LogP contribution in [0, 0.1) is 22.9 Å². The number of amides is 1. The molecule has 154 valence electrons. The second-order valence-electron chi connectivity index (χ2n) is 6.66. The van der Waals surface area contributed by atoms with Crippen LogP contribution < -0.4 is 10.9 Å². The summed E-state index contributed by atoms with van der Waals surface area (Å²) in [6.45, 7) is 1.87. The number of aromatic nitrogens is 2. The van der Waals surface area contributed by atoms with E-state index in [4.69, 9.17) is 0 Å². The monoisotopic (exact) mass is 410 g/mol. The molecule has 9 heteroatoms. The molecule has 0 aliphatic heterocycles. The maximum Gasteiger partial charge on any atom is 0.293 e. The van der Waals surface area contributed by atoms with Crippen LogP contribution in [0.3, 0.4) is 0 Å². The van der Waals surface area contributed by atoms with Crippen LogP contribution in [0.1, 0.15) is 18.4 Å². The lowest BCUT2D eigenvalue weighted by Crippen LogP contribution is -2.23. The molecule has 2 aromatic carbocycles. The van der Waals surface area contributed by atoms with Gasteiger partial charge in [-0.15, -0.1) is 0 Å². The minimum atomic E-state index is -0.549. The van der Waals surface area contributed by atoms with Gasteiger partial charge in [-0.25, -0.2) is 9.07 Å². The summed E-state index contributed by atoms with van der Waals surface area (Å²) in [5.41, 5.74) is 1.43. The van der Waals surface area contributed by atoms with E-state index in [1.807, 2.05) is 0 Å². The molecule has 0 atom stereocenters. The molecule has 0 aliphatic rings. The molecule has 8 nitrogen and oxygen atoms in total. The van der Waals surface area contributed by atoms with E-state index in [0.29, 0.717) is 23.2 Å². The van der Waals surface area contributed by atoms with Crippen LogP contribution >= 0.6 is 0 Å². The standard InChI is InChI=1S/C21H19FN4O4/c1-14-4-2-5-18(26(29)30)21(14)23-19(27)6-3-13-25-20(28)12-11-17(24-25)15-7-9-16(22)10-8-15/h2,4-5,7-12H,3,6,13H2,1H3,(H,23,27). The van der Waals surface area contributed by atoms with Crippen molar-refractivity contribution in [3.63, 3.8) is 0 Å². The van der Waals surface area contributed by atoms with E-state index in [0.717, 1.165) is 0 Å². The predicted molar refractivity (Wildman–Crippen MR) is 110 cm³/mol. The second kappa shape index (κ2) is 9.08. The van der Waals surface area contributed by atoms with Crippen molar-refractivity contribution in [2.24, 2.45) is 0 Å². The fourth-order valence-corrected chi connectivity index (χ4v) is 2.94. The number of nitrogens with zero attached hydrogens (tertiary/aromatic N) is 3. The molecule has 0 aliphatic carbocycles. The highest BCUT2D eigenvalue weighted by Crippen LogP contribution is 2.27. The molecule has 0 bridgehead atoms. The lowest BCUT2D eigenvalue weighted by atomic mass is 10.1. The number of halogens is 1. The summed E-state index contributed by atoms with van der Waals surface area (Å²) in [5, 5.41) is 18.0. The van der Waals surface area contributed by atoms with Crippen LogP contribution in [0.4, 0.5) is 15.8 Å². The number of benzene rings is 2. The highest BCUT2D eigenvalue weighted by molar-refractivity contribution is 5.94. The van der Waals surface area contributed by atoms with E-state index in [-0.39, 0.29) is 35.7 Å². The number of carbonyl (C=O) groups is 1. The highest BCUT2D eigenvalue weighted by atomic mass is 19.1. The zero-order valence-corrected chi connectivity index (χ0v) is 16.2. The molecule has 0 saturated heterocycles. The van der Waals surface area contributed by atoms with Crippen LogP contribution in [0.2, 0.25) is 0 Å². The molecule has 0 saturated carbocycles. The molecule has 3 aromatic rings. The third kappa shape index (κ3) is 4.93. The lowest BCUT2D eigenvalue weighted by molar-refractivity contribution is -0.384. The maximum atomic E-state index is 13.1. The summed E-state index contributed by atoms with van der Waals surface area (Å²) < 4.78 is 14.3. The highest BCUT2D eigenvalue weighted by Gasteiger charge is 2.17. The van der Waals surface area contributed by atoms with Crippen molar-refractivity contribution < 1.29 is 14.1 Å². The van der Waals surface area contributed by atoms with Gasteiger partial charge < -0.3 is 5.32 Å². The van der Waals surface area contributed by atoms with Gasteiger partial charge >= 0.3 is 0 Å². The first kappa shape index (κ1) is 20.8. The maximum absolute atomic E-state index is 13.1. The van der Waals surface area contributed by atoms with Crippen molar-refractivity contribution >= 4 is 17.3 Å². The van der Waals surface area contributed by atoms with E-state index < -0.39 is 10.8 Å². The normalized spacial score (nSPS) is 10.6. The van der Waals surface area contributed by atoms with Gasteiger partial charge in [-0.05, 0) is 49.2 Å². The number of rotatable bonds is 7. The van der Waals surface area contributed by atoms with E-state index >= 15 is 0 Å². The van der Waals surface area contributed by atoms with Gasteiger partial charge in [-0.1, -0.05) is 12.1 Å². The van der Waals surface area contributed by atoms with Crippen LogP contribution in [-0.2, 0) is 11.3 Å². The lowest BCUT2D eigenvalue weighted by Gasteiger charge is -2.10. The molecular weight excluding hydrogens is 391 g/mol. The predicted octanol–water partition coefficient (Wildman–Crippen LogP) is 3.68. The molecule has 1 amide bonds. The number of para-hydroxylation sites is 1. The van der Waals surface area contributed by atoms with Crippen molar-refractivity contribution in [1.29, 1.82) is 0 Å². The fourth-order valence-electron chi connectivity index (χ4n) is 2.94. The Morgan fingerprint density at radius 2 is 1.90 bits per heavy atom. The molecule has 0 unspecified atom stereocenters. The number of nitro benzene ring substituents is 1. The number of nitro groups is 1. The molecule has 1 aromatic heterocycles. The number of hydrogen-bond acceptors (Lipinski definition) is 5. The van der Waals surface area contributed by atoms with E-state index in [2.05, 4.69) is 10.4 Å². The second-order valence-corrected chi connectivity index (χ2v) is 6.66. The van der Waals surface area contributed by atoms with Crippen LogP contribution in [0.5, 0.6) is 0 Å². The average Bonchev–Trinajstić information content (AvgIpc) is 2.71. The summed E-state index contributed by atoms with van der Waals surface area (Å²) in [6, 6.07) is 13.2. The first-order valence-electron chi connectivity index (χ1n) is 9.23. The van der Waals surface area contributed by atoms with Crippen LogP contribution in [-0.4, -0.2) is 20.6 Å². The Kier molecular flexibility index (Phi) is 6.31. The Labute approximate surface area is 171 Å². The minimum absolute atomic E-state index is 0.0559. The Morgan fingerprint density at radius 1 is 1.17 bits per heavy atom. The molecule has 30 heavy (non-hydrogen) atoms. The zero-order valence-electron chi connectivity index (χ0n) is 16.2. The van der Waals surface area contributed by atoms with Gasteiger partial charge in [0, 0.05) is 30.7 Å². The number of aryl methyl sites for hydroxylation is 2. The van der Waals surface area contributed by atoms with E-state index in [1.165, 1.54) is 28.9 Å². The van der Waals surface area contributed by atoms with Crippen molar-refractivity contribution in [3.05, 3.63) is 86.4 Å². The first-order valence-corrected chi connectivity index (χ1v) is 9.23. The molecule has 3 rings (SSSR count). The quantitative estimate of drug-likeness (QED) is 0.472. The summed E-state index contributed by atoms with van der Waals surface area (Å²) in [4.78, 5) is 34.9. The van der Waals surface area contributed by atoms with Gasteiger partial charge in [0.1, 0.15) is 11.5 Å². The van der Waals surface area contributed by atoms with E-state index in [9.17, 15) is 24.1 Å². The smallest absolute Gasteiger partial charge is 0.293 e. The minimum Gasteiger partial charge on any atom is -0.320 e. The molecule has 0 radical (unpaired) electrons. The average molecular weight is 410 g/mol. The Bertz CT molecular complexity index is 1140. The van der Waals surface area contributed by atoms with Crippen molar-refractivity contribution in [2.45, 2.75) is 26.3 Å². The third-order valence-corrected chi connectivity index (χ3v) is 4.49.